The monoisotopic (exact) mass is 219 g/mol. The van der Waals surface area contributed by atoms with Crippen molar-refractivity contribution < 1.29 is 0 Å². The number of piperidine rings is 1. The predicted molar refractivity (Wildman–Crippen MR) is 62.9 cm³/mol. The summed E-state index contributed by atoms with van der Waals surface area (Å²) in [6.45, 7) is 4.87. The Labute approximate surface area is 97.8 Å². The summed E-state index contributed by atoms with van der Waals surface area (Å²) in [7, 11) is 0. The first-order valence-electron chi connectivity index (χ1n) is 6.64. The average molecular weight is 219 g/mol. The molecule has 3 aliphatic rings. The predicted octanol–water partition coefficient (Wildman–Crippen LogP) is 1.36. The summed E-state index contributed by atoms with van der Waals surface area (Å²) in [4.78, 5) is 2.61. The van der Waals surface area contributed by atoms with Gasteiger partial charge in [0.1, 0.15) is 0 Å². The van der Waals surface area contributed by atoms with Crippen LogP contribution in [0.15, 0.2) is 0 Å². The van der Waals surface area contributed by atoms with Gasteiger partial charge in [0.15, 0.2) is 0 Å². The first-order chi connectivity index (χ1) is 7.81. The van der Waals surface area contributed by atoms with Gasteiger partial charge in [0.05, 0.1) is 6.07 Å². The van der Waals surface area contributed by atoms with Gasteiger partial charge in [-0.15, -0.1) is 0 Å². The maximum atomic E-state index is 8.84. The molecule has 1 aliphatic carbocycles. The van der Waals surface area contributed by atoms with Crippen LogP contribution in [0.4, 0.5) is 0 Å². The maximum absolute atomic E-state index is 8.84. The van der Waals surface area contributed by atoms with Gasteiger partial charge >= 0.3 is 0 Å². The number of nitrogens with zero attached hydrogens (tertiary/aromatic N) is 2. The van der Waals surface area contributed by atoms with Crippen molar-refractivity contribution in [2.24, 2.45) is 11.3 Å². The second-order valence-corrected chi connectivity index (χ2v) is 5.99. The van der Waals surface area contributed by atoms with E-state index in [9.17, 15) is 0 Å². The van der Waals surface area contributed by atoms with Crippen molar-refractivity contribution in [2.45, 2.75) is 38.1 Å². The van der Waals surface area contributed by atoms with Gasteiger partial charge in [0, 0.05) is 32.1 Å². The van der Waals surface area contributed by atoms with E-state index in [0.717, 1.165) is 18.4 Å². The summed E-state index contributed by atoms with van der Waals surface area (Å²) in [5.74, 6) is 0.881. The van der Waals surface area contributed by atoms with Gasteiger partial charge in [-0.3, -0.25) is 0 Å². The zero-order valence-electron chi connectivity index (χ0n) is 9.91. The van der Waals surface area contributed by atoms with E-state index in [1.807, 2.05) is 0 Å². The number of nitriles is 1. The molecule has 1 saturated carbocycles. The highest BCUT2D eigenvalue weighted by Gasteiger charge is 2.46. The van der Waals surface area contributed by atoms with Crippen molar-refractivity contribution in [2.75, 3.05) is 26.2 Å². The highest BCUT2D eigenvalue weighted by atomic mass is 15.2. The summed E-state index contributed by atoms with van der Waals surface area (Å²) in [5, 5.41) is 12.5. The van der Waals surface area contributed by atoms with Crippen LogP contribution in [0.2, 0.25) is 0 Å². The molecule has 2 saturated heterocycles. The quantitative estimate of drug-likeness (QED) is 0.779. The van der Waals surface area contributed by atoms with Crippen molar-refractivity contribution in [1.82, 2.24) is 10.2 Å². The standard InChI is InChI=1S/C13H21N3/c14-6-5-13(3-4-13)10-16-8-11-2-1-7-15-12(11)9-16/h11-12,15H,1-5,7-10H2. The molecule has 0 radical (unpaired) electrons. The van der Waals surface area contributed by atoms with Gasteiger partial charge in [-0.05, 0) is 43.6 Å². The van der Waals surface area contributed by atoms with Gasteiger partial charge in [-0.1, -0.05) is 0 Å². The molecule has 2 heterocycles. The first kappa shape index (κ1) is 10.6. The normalized spacial score (nSPS) is 36.7. The molecule has 2 unspecified atom stereocenters. The lowest BCUT2D eigenvalue weighted by Crippen LogP contribution is -2.40. The Morgan fingerprint density at radius 1 is 1.38 bits per heavy atom. The van der Waals surface area contributed by atoms with Crippen LogP contribution in [0.3, 0.4) is 0 Å². The highest BCUT2D eigenvalue weighted by molar-refractivity contribution is 5.03. The van der Waals surface area contributed by atoms with Crippen LogP contribution in [0.1, 0.15) is 32.1 Å². The number of nitrogens with one attached hydrogen (secondary N) is 1. The van der Waals surface area contributed by atoms with E-state index >= 15 is 0 Å². The fourth-order valence-corrected chi connectivity index (χ4v) is 3.47. The Kier molecular flexibility index (Phi) is 2.65. The third-order valence-corrected chi connectivity index (χ3v) is 4.65. The second-order valence-electron chi connectivity index (χ2n) is 5.99. The molecule has 0 amide bonds. The Bertz CT molecular complexity index is 289. The third kappa shape index (κ3) is 1.97. The molecule has 0 bridgehead atoms. The highest BCUT2D eigenvalue weighted by Crippen LogP contribution is 2.49. The number of fused-ring (bicyclic) bond motifs is 1. The van der Waals surface area contributed by atoms with Crippen LogP contribution >= 0.6 is 0 Å². The average Bonchev–Trinajstić information content (AvgIpc) is 2.91. The first-order valence-corrected chi connectivity index (χ1v) is 6.64. The topological polar surface area (TPSA) is 39.1 Å². The van der Waals surface area contributed by atoms with E-state index in [0.29, 0.717) is 5.41 Å². The fourth-order valence-electron chi connectivity index (χ4n) is 3.47. The van der Waals surface area contributed by atoms with Crippen molar-refractivity contribution >= 4 is 0 Å². The minimum atomic E-state index is 0.391. The van der Waals surface area contributed by atoms with Gasteiger partial charge < -0.3 is 10.2 Å². The molecule has 88 valence electrons. The maximum Gasteiger partial charge on any atom is 0.0628 e. The van der Waals surface area contributed by atoms with Crippen LogP contribution < -0.4 is 5.32 Å². The summed E-state index contributed by atoms with van der Waals surface area (Å²) < 4.78 is 0. The molecular weight excluding hydrogens is 198 g/mol. The van der Waals surface area contributed by atoms with Gasteiger partial charge in [0.25, 0.3) is 0 Å². The van der Waals surface area contributed by atoms with Crippen molar-refractivity contribution in [3.63, 3.8) is 0 Å². The van der Waals surface area contributed by atoms with Gasteiger partial charge in [-0.25, -0.2) is 0 Å². The number of hydrogen-bond donors (Lipinski definition) is 1. The molecule has 3 heteroatoms. The minimum Gasteiger partial charge on any atom is -0.312 e. The molecule has 3 rings (SSSR count). The number of likely N-dealkylation sites (tertiary alicyclic amines) is 1. The van der Waals surface area contributed by atoms with Crippen LogP contribution in [-0.4, -0.2) is 37.1 Å². The van der Waals surface area contributed by atoms with Crippen LogP contribution in [0, 0.1) is 22.7 Å². The van der Waals surface area contributed by atoms with Crippen molar-refractivity contribution in [3.05, 3.63) is 0 Å². The van der Waals surface area contributed by atoms with E-state index in [1.165, 1.54) is 51.9 Å². The Morgan fingerprint density at radius 2 is 2.25 bits per heavy atom. The fraction of sp³-hybridized carbons (Fsp3) is 0.923. The minimum absolute atomic E-state index is 0.391. The molecule has 3 nitrogen and oxygen atoms in total. The molecular formula is C13H21N3. The lowest BCUT2D eigenvalue weighted by Gasteiger charge is -2.24. The lowest BCUT2D eigenvalue weighted by molar-refractivity contribution is 0.255. The van der Waals surface area contributed by atoms with E-state index in [2.05, 4.69) is 16.3 Å². The molecule has 0 spiro atoms. The smallest absolute Gasteiger partial charge is 0.0628 e. The largest absolute Gasteiger partial charge is 0.312 e. The molecule has 2 aliphatic heterocycles. The van der Waals surface area contributed by atoms with Gasteiger partial charge in [-0.2, -0.15) is 5.26 Å². The molecule has 16 heavy (non-hydrogen) atoms. The Balaban J connectivity index is 1.56. The molecule has 2 atom stereocenters. The van der Waals surface area contributed by atoms with E-state index in [1.54, 1.807) is 0 Å². The zero-order chi connectivity index (χ0) is 11.0. The molecule has 0 aromatic heterocycles. The number of hydrogen-bond acceptors (Lipinski definition) is 3. The van der Waals surface area contributed by atoms with Crippen LogP contribution in [0.25, 0.3) is 0 Å². The summed E-state index contributed by atoms with van der Waals surface area (Å²) in [6, 6.07) is 3.11. The SMILES string of the molecule is N#CCC1(CN2CC3CCCNC3C2)CC1. The molecule has 1 N–H and O–H groups in total. The summed E-state index contributed by atoms with van der Waals surface area (Å²) >= 11 is 0. The zero-order valence-corrected chi connectivity index (χ0v) is 9.91. The van der Waals surface area contributed by atoms with Gasteiger partial charge in [0.2, 0.25) is 0 Å². The van der Waals surface area contributed by atoms with Crippen molar-refractivity contribution in [3.8, 4) is 6.07 Å². The lowest BCUT2D eigenvalue weighted by atomic mass is 9.94. The van der Waals surface area contributed by atoms with Crippen LogP contribution in [0.5, 0.6) is 0 Å². The number of rotatable bonds is 3. The van der Waals surface area contributed by atoms with Crippen LogP contribution in [-0.2, 0) is 0 Å². The van der Waals surface area contributed by atoms with E-state index in [4.69, 9.17) is 5.26 Å². The summed E-state index contributed by atoms with van der Waals surface area (Å²) in [6.07, 6.45) is 6.07. The molecule has 3 fully saturated rings. The Morgan fingerprint density at radius 3 is 2.94 bits per heavy atom. The third-order valence-electron chi connectivity index (χ3n) is 4.65. The van der Waals surface area contributed by atoms with E-state index < -0.39 is 0 Å². The molecule has 0 aromatic carbocycles. The summed E-state index contributed by atoms with van der Waals surface area (Å²) in [5.41, 5.74) is 0.391. The van der Waals surface area contributed by atoms with E-state index in [-0.39, 0.29) is 0 Å². The Hall–Kier alpha value is -0.590. The van der Waals surface area contributed by atoms with Crippen molar-refractivity contribution in [1.29, 1.82) is 5.26 Å². The molecule has 0 aromatic rings. The second kappa shape index (κ2) is 4.01.